The second-order valence-electron chi connectivity index (χ2n) is 7.90. The first kappa shape index (κ1) is 24.5. The number of morpholine rings is 1. The van der Waals surface area contributed by atoms with Gasteiger partial charge in [-0.15, -0.1) is 0 Å². The summed E-state index contributed by atoms with van der Waals surface area (Å²) in [5, 5.41) is 0.435. The van der Waals surface area contributed by atoms with Gasteiger partial charge in [-0.3, -0.25) is 14.6 Å². The fourth-order valence-electron chi connectivity index (χ4n) is 3.71. The van der Waals surface area contributed by atoms with Gasteiger partial charge in [-0.25, -0.2) is 17.8 Å². The highest BCUT2D eigenvalue weighted by Crippen LogP contribution is 2.32. The molecule has 0 saturated carbocycles. The molecule has 0 N–H and O–H groups in total. The van der Waals surface area contributed by atoms with Crippen molar-refractivity contribution in [3.8, 4) is 5.75 Å². The zero-order valence-corrected chi connectivity index (χ0v) is 20.4. The number of benzene rings is 2. The number of anilines is 1. The molecule has 2 aromatic carbocycles. The number of thiazole rings is 1. The fraction of sp³-hybridized carbons (Fsp3) is 0.391. The predicted molar refractivity (Wildman–Crippen MR) is 129 cm³/mol. The smallest absolute Gasteiger partial charge is 0.244 e. The molecule has 4 rings (SSSR count). The van der Waals surface area contributed by atoms with Gasteiger partial charge >= 0.3 is 0 Å². The summed E-state index contributed by atoms with van der Waals surface area (Å²) in [6, 6.07) is 9.91. The van der Waals surface area contributed by atoms with Crippen molar-refractivity contribution in [3.05, 3.63) is 48.3 Å². The number of fused-ring (bicyclic) bond motifs is 1. The monoisotopic (exact) mass is 507 g/mol. The van der Waals surface area contributed by atoms with Crippen LogP contribution in [0, 0.1) is 5.82 Å². The minimum atomic E-state index is -3.94. The van der Waals surface area contributed by atoms with Crippen LogP contribution in [0.15, 0.2) is 47.4 Å². The number of methoxy groups -OCH3 is 1. The maximum Gasteiger partial charge on any atom is 0.244 e. The van der Waals surface area contributed by atoms with Gasteiger partial charge in [0.05, 0.1) is 35.4 Å². The summed E-state index contributed by atoms with van der Waals surface area (Å²) in [6.07, 6.45) is 0.654. The molecule has 1 amide bonds. The molecule has 0 unspecified atom stereocenters. The van der Waals surface area contributed by atoms with E-state index >= 15 is 0 Å². The highest BCUT2D eigenvalue weighted by molar-refractivity contribution is 7.92. The van der Waals surface area contributed by atoms with Crippen LogP contribution in [0.4, 0.5) is 9.52 Å². The largest absolute Gasteiger partial charge is 0.497 e. The summed E-state index contributed by atoms with van der Waals surface area (Å²) in [5.74, 6) is -1.17. The molecule has 2 heterocycles. The van der Waals surface area contributed by atoms with Crippen LogP contribution in [-0.2, 0) is 19.4 Å². The molecule has 11 heteroatoms. The first-order valence-electron chi connectivity index (χ1n) is 10.9. The number of halogens is 1. The Bertz CT molecular complexity index is 1240. The van der Waals surface area contributed by atoms with Crippen molar-refractivity contribution in [1.29, 1.82) is 0 Å². The minimum Gasteiger partial charge on any atom is -0.497 e. The number of sulfone groups is 1. The SMILES string of the molecule is COc1ccc2nc(N(CCCN3CCOCC3)C(=O)CS(=O)(=O)c3ccc(F)cc3)sc2c1. The van der Waals surface area contributed by atoms with Gasteiger partial charge in [-0.1, -0.05) is 11.3 Å². The van der Waals surface area contributed by atoms with E-state index in [1.165, 1.54) is 28.4 Å². The van der Waals surface area contributed by atoms with Crippen LogP contribution in [-0.4, -0.2) is 76.5 Å². The van der Waals surface area contributed by atoms with Crippen molar-refractivity contribution >= 4 is 42.4 Å². The Morgan fingerprint density at radius 3 is 2.65 bits per heavy atom. The van der Waals surface area contributed by atoms with E-state index in [-0.39, 0.29) is 4.90 Å². The van der Waals surface area contributed by atoms with Gasteiger partial charge in [-0.05, 0) is 48.9 Å². The molecular weight excluding hydrogens is 481 g/mol. The Balaban J connectivity index is 1.55. The summed E-state index contributed by atoms with van der Waals surface area (Å²) >= 11 is 1.31. The molecule has 0 radical (unpaired) electrons. The number of aromatic nitrogens is 1. The van der Waals surface area contributed by atoms with Gasteiger partial charge in [0.15, 0.2) is 15.0 Å². The molecular formula is C23H26FN3O5S2. The van der Waals surface area contributed by atoms with Crippen LogP contribution in [0.1, 0.15) is 6.42 Å². The van der Waals surface area contributed by atoms with Crippen LogP contribution in [0.25, 0.3) is 10.2 Å². The van der Waals surface area contributed by atoms with Gasteiger partial charge in [0.25, 0.3) is 0 Å². The van der Waals surface area contributed by atoms with Crippen molar-refractivity contribution in [2.75, 3.05) is 57.2 Å². The molecule has 3 aromatic rings. The third-order valence-corrected chi connectivity index (χ3v) is 8.22. The zero-order chi connectivity index (χ0) is 24.1. The van der Waals surface area contributed by atoms with Crippen molar-refractivity contribution in [3.63, 3.8) is 0 Å². The summed E-state index contributed by atoms with van der Waals surface area (Å²) in [7, 11) is -2.37. The quantitative estimate of drug-likeness (QED) is 0.412. The second kappa shape index (κ2) is 10.8. The highest BCUT2D eigenvalue weighted by atomic mass is 32.2. The Kier molecular flexibility index (Phi) is 7.77. The topological polar surface area (TPSA) is 89.0 Å². The summed E-state index contributed by atoms with van der Waals surface area (Å²) in [4.78, 5) is 21.4. The summed E-state index contributed by atoms with van der Waals surface area (Å²) in [5.41, 5.74) is 0.702. The third kappa shape index (κ3) is 5.90. The normalized spacial score (nSPS) is 14.9. The Labute approximate surface area is 201 Å². The van der Waals surface area contributed by atoms with Crippen LogP contribution in [0.3, 0.4) is 0 Å². The number of amides is 1. The Morgan fingerprint density at radius 1 is 1.21 bits per heavy atom. The summed E-state index contributed by atoms with van der Waals surface area (Å²) < 4.78 is 50.4. The first-order valence-corrected chi connectivity index (χ1v) is 13.4. The van der Waals surface area contributed by atoms with E-state index in [4.69, 9.17) is 9.47 Å². The van der Waals surface area contributed by atoms with E-state index in [0.29, 0.717) is 42.6 Å². The lowest BCUT2D eigenvalue weighted by Crippen LogP contribution is -2.40. The van der Waals surface area contributed by atoms with Crippen molar-refractivity contribution in [1.82, 2.24) is 9.88 Å². The molecule has 1 aromatic heterocycles. The minimum absolute atomic E-state index is 0.0930. The highest BCUT2D eigenvalue weighted by Gasteiger charge is 2.27. The number of ether oxygens (including phenoxy) is 2. The lowest BCUT2D eigenvalue weighted by molar-refractivity contribution is -0.116. The van der Waals surface area contributed by atoms with Gasteiger partial charge < -0.3 is 9.47 Å². The number of hydrogen-bond acceptors (Lipinski definition) is 8. The Morgan fingerprint density at radius 2 is 1.94 bits per heavy atom. The number of carbonyl (C=O) groups excluding carboxylic acids is 1. The van der Waals surface area contributed by atoms with Crippen LogP contribution in [0.2, 0.25) is 0 Å². The van der Waals surface area contributed by atoms with E-state index in [9.17, 15) is 17.6 Å². The van der Waals surface area contributed by atoms with Gasteiger partial charge in [0, 0.05) is 26.2 Å². The molecule has 34 heavy (non-hydrogen) atoms. The van der Waals surface area contributed by atoms with Crippen molar-refractivity contribution < 1.29 is 27.1 Å². The fourth-order valence-corrected chi connectivity index (χ4v) is 5.94. The van der Waals surface area contributed by atoms with Gasteiger partial charge in [0.2, 0.25) is 5.91 Å². The van der Waals surface area contributed by atoms with E-state index < -0.39 is 27.3 Å². The Hall–Kier alpha value is -2.60. The average Bonchev–Trinajstić information content (AvgIpc) is 3.25. The number of nitrogens with zero attached hydrogens (tertiary/aromatic N) is 3. The molecule has 0 atom stereocenters. The van der Waals surface area contributed by atoms with Crippen molar-refractivity contribution in [2.45, 2.75) is 11.3 Å². The van der Waals surface area contributed by atoms with Gasteiger partial charge in [-0.2, -0.15) is 0 Å². The predicted octanol–water partition coefficient (Wildman–Crippen LogP) is 2.97. The van der Waals surface area contributed by atoms with Crippen molar-refractivity contribution in [2.24, 2.45) is 0 Å². The number of rotatable bonds is 9. The van der Waals surface area contributed by atoms with Crippen LogP contribution < -0.4 is 9.64 Å². The second-order valence-corrected chi connectivity index (χ2v) is 10.9. The van der Waals surface area contributed by atoms with E-state index in [1.54, 1.807) is 19.2 Å². The first-order chi connectivity index (χ1) is 16.4. The maximum absolute atomic E-state index is 13.3. The number of hydrogen-bond donors (Lipinski definition) is 0. The van der Waals surface area contributed by atoms with Crippen LogP contribution >= 0.6 is 11.3 Å². The maximum atomic E-state index is 13.3. The lowest BCUT2D eigenvalue weighted by atomic mass is 10.3. The molecule has 182 valence electrons. The molecule has 1 fully saturated rings. The molecule has 0 bridgehead atoms. The van der Waals surface area contributed by atoms with E-state index in [1.807, 2.05) is 6.07 Å². The molecule has 0 aliphatic carbocycles. The van der Waals surface area contributed by atoms with Gasteiger partial charge in [0.1, 0.15) is 17.3 Å². The third-order valence-electron chi connectivity index (χ3n) is 5.56. The van der Waals surface area contributed by atoms with E-state index in [2.05, 4.69) is 9.88 Å². The average molecular weight is 508 g/mol. The number of carbonyl (C=O) groups is 1. The molecule has 1 saturated heterocycles. The molecule has 1 aliphatic heterocycles. The standard InChI is InChI=1S/C23H26FN3O5S2/c1-31-18-5-8-20-21(15-18)33-23(25-20)27(10-2-9-26-11-13-32-14-12-26)22(28)16-34(29,30)19-6-3-17(24)4-7-19/h3-8,15H,2,9-14,16H2,1H3. The lowest BCUT2D eigenvalue weighted by Gasteiger charge is -2.27. The molecule has 1 aliphatic rings. The molecule has 0 spiro atoms. The van der Waals surface area contributed by atoms with Crippen LogP contribution in [0.5, 0.6) is 5.75 Å². The molecule has 8 nitrogen and oxygen atoms in total. The van der Waals surface area contributed by atoms with E-state index in [0.717, 1.165) is 36.5 Å². The summed E-state index contributed by atoms with van der Waals surface area (Å²) in [6.45, 7) is 4.10. The zero-order valence-electron chi connectivity index (χ0n) is 18.8.